The molecule has 4 heteroatoms. The Kier molecular flexibility index (Phi) is 3.76. The molecule has 0 atom stereocenters. The summed E-state index contributed by atoms with van der Waals surface area (Å²) in [4.78, 5) is 6.64. The van der Waals surface area contributed by atoms with Crippen LogP contribution in [0, 0.1) is 0 Å². The zero-order valence-corrected chi connectivity index (χ0v) is 10.6. The Labute approximate surface area is 102 Å². The average Bonchev–Trinajstić information content (AvgIpc) is 2.68. The lowest BCUT2D eigenvalue weighted by Gasteiger charge is -2.09. The van der Waals surface area contributed by atoms with E-state index in [2.05, 4.69) is 40.8 Å². The van der Waals surface area contributed by atoms with E-state index in [9.17, 15) is 0 Å². The molecule has 0 aliphatic rings. The summed E-state index contributed by atoms with van der Waals surface area (Å²) in [5.74, 6) is 0. The van der Waals surface area contributed by atoms with Gasteiger partial charge < -0.3 is 15.2 Å². The van der Waals surface area contributed by atoms with Gasteiger partial charge in [-0.3, -0.25) is 0 Å². The van der Waals surface area contributed by atoms with E-state index in [1.54, 1.807) is 0 Å². The summed E-state index contributed by atoms with van der Waals surface area (Å²) in [7, 11) is 4.19. The van der Waals surface area contributed by atoms with Crippen LogP contribution in [0.25, 0.3) is 11.0 Å². The van der Waals surface area contributed by atoms with Gasteiger partial charge in [0, 0.05) is 30.9 Å². The number of nitrogens with two attached hydrogens (primary N) is 1. The lowest BCUT2D eigenvalue weighted by atomic mass is 10.2. The third-order valence-electron chi connectivity index (χ3n) is 2.94. The van der Waals surface area contributed by atoms with Gasteiger partial charge in [0.1, 0.15) is 5.65 Å². The molecule has 92 valence electrons. The largest absolute Gasteiger partial charge is 0.332 e. The number of nitrogens with zero attached hydrogens (tertiary/aromatic N) is 3. The Balaban J connectivity index is 2.22. The fraction of sp³-hybridized carbons (Fsp3) is 0.462. The molecule has 2 rings (SSSR count). The molecule has 0 unspecified atom stereocenters. The molecule has 0 aliphatic carbocycles. The quantitative estimate of drug-likeness (QED) is 0.848. The smallest absolute Gasteiger partial charge is 0.140 e. The van der Waals surface area contributed by atoms with Crippen molar-refractivity contribution in [3.8, 4) is 0 Å². The summed E-state index contributed by atoms with van der Waals surface area (Å²) in [5, 5.41) is 1.18. The van der Waals surface area contributed by atoms with Crippen LogP contribution in [-0.4, -0.2) is 35.1 Å². The molecule has 0 aromatic carbocycles. The van der Waals surface area contributed by atoms with Gasteiger partial charge in [-0.2, -0.15) is 0 Å². The zero-order chi connectivity index (χ0) is 12.3. The summed E-state index contributed by atoms with van der Waals surface area (Å²) in [6.07, 6.45) is 5.09. The maximum atomic E-state index is 5.76. The van der Waals surface area contributed by atoms with E-state index in [-0.39, 0.29) is 0 Å². The molecule has 2 aromatic rings. The van der Waals surface area contributed by atoms with Crippen LogP contribution >= 0.6 is 0 Å². The number of hydrogen-bond donors (Lipinski definition) is 1. The normalized spacial score (nSPS) is 11.5. The summed E-state index contributed by atoms with van der Waals surface area (Å²) < 4.78 is 2.21. The van der Waals surface area contributed by atoms with E-state index in [0.717, 1.165) is 25.2 Å². The minimum Gasteiger partial charge on any atom is -0.332 e. The van der Waals surface area contributed by atoms with Gasteiger partial charge in [-0.15, -0.1) is 0 Å². The minimum absolute atomic E-state index is 0.572. The highest BCUT2D eigenvalue weighted by Gasteiger charge is 2.07. The zero-order valence-electron chi connectivity index (χ0n) is 10.6. The molecule has 2 N–H and O–H groups in total. The highest BCUT2D eigenvalue weighted by Crippen LogP contribution is 2.18. The van der Waals surface area contributed by atoms with E-state index in [0.29, 0.717) is 6.54 Å². The van der Waals surface area contributed by atoms with Gasteiger partial charge in [-0.1, -0.05) is 0 Å². The molecular formula is C13H20N4. The number of hydrogen-bond acceptors (Lipinski definition) is 3. The van der Waals surface area contributed by atoms with Gasteiger partial charge in [-0.25, -0.2) is 4.98 Å². The van der Waals surface area contributed by atoms with Crippen LogP contribution in [0.4, 0.5) is 0 Å². The van der Waals surface area contributed by atoms with Gasteiger partial charge in [-0.05, 0) is 44.8 Å². The van der Waals surface area contributed by atoms with E-state index in [1.165, 1.54) is 10.9 Å². The monoisotopic (exact) mass is 232 g/mol. The second kappa shape index (κ2) is 5.29. The number of fused-ring (bicyclic) bond motifs is 1. The number of aryl methyl sites for hydroxylation is 1. The van der Waals surface area contributed by atoms with E-state index >= 15 is 0 Å². The van der Waals surface area contributed by atoms with E-state index in [1.807, 2.05) is 12.3 Å². The Morgan fingerprint density at radius 2 is 2.24 bits per heavy atom. The molecule has 0 spiro atoms. The number of pyridine rings is 1. The standard InChI is InChI=1S/C13H20N4/c1-16(2)7-4-8-17-10-11(9-14)12-5-3-6-15-13(12)17/h3,5-6,10H,4,7-9,14H2,1-2H3. The Hall–Kier alpha value is -1.39. The van der Waals surface area contributed by atoms with Crippen LogP contribution in [0.15, 0.2) is 24.5 Å². The van der Waals surface area contributed by atoms with Crippen molar-refractivity contribution in [2.45, 2.75) is 19.5 Å². The van der Waals surface area contributed by atoms with Crippen LogP contribution in [0.3, 0.4) is 0 Å². The number of aromatic nitrogens is 2. The van der Waals surface area contributed by atoms with Crippen molar-refractivity contribution in [3.05, 3.63) is 30.1 Å². The second-order valence-electron chi connectivity index (χ2n) is 4.58. The third-order valence-corrected chi connectivity index (χ3v) is 2.94. The maximum Gasteiger partial charge on any atom is 0.140 e. The molecular weight excluding hydrogens is 212 g/mol. The van der Waals surface area contributed by atoms with E-state index in [4.69, 9.17) is 5.73 Å². The Bertz CT molecular complexity index is 487. The molecule has 0 bridgehead atoms. The Morgan fingerprint density at radius 3 is 2.94 bits per heavy atom. The lowest BCUT2D eigenvalue weighted by molar-refractivity contribution is 0.387. The number of rotatable bonds is 5. The van der Waals surface area contributed by atoms with Crippen LogP contribution in [0.1, 0.15) is 12.0 Å². The topological polar surface area (TPSA) is 47.1 Å². The van der Waals surface area contributed by atoms with Crippen molar-refractivity contribution in [3.63, 3.8) is 0 Å². The molecule has 17 heavy (non-hydrogen) atoms. The van der Waals surface area contributed by atoms with Crippen LogP contribution in [0.2, 0.25) is 0 Å². The molecule has 0 saturated carbocycles. The van der Waals surface area contributed by atoms with Gasteiger partial charge in [0.2, 0.25) is 0 Å². The fourth-order valence-electron chi connectivity index (χ4n) is 2.09. The summed E-state index contributed by atoms with van der Waals surface area (Å²) in [6, 6.07) is 4.05. The molecule has 2 heterocycles. The Morgan fingerprint density at radius 1 is 1.41 bits per heavy atom. The fourth-order valence-corrected chi connectivity index (χ4v) is 2.09. The van der Waals surface area contributed by atoms with Crippen LogP contribution in [-0.2, 0) is 13.1 Å². The van der Waals surface area contributed by atoms with Crippen molar-refractivity contribution in [1.82, 2.24) is 14.5 Å². The molecule has 0 amide bonds. The molecule has 0 radical (unpaired) electrons. The predicted octanol–water partition coefficient (Wildman–Crippen LogP) is 1.45. The van der Waals surface area contributed by atoms with Gasteiger partial charge in [0.25, 0.3) is 0 Å². The SMILES string of the molecule is CN(C)CCCn1cc(CN)c2cccnc21. The van der Waals surface area contributed by atoms with Crippen molar-refractivity contribution in [2.24, 2.45) is 5.73 Å². The average molecular weight is 232 g/mol. The maximum absolute atomic E-state index is 5.76. The van der Waals surface area contributed by atoms with E-state index < -0.39 is 0 Å². The summed E-state index contributed by atoms with van der Waals surface area (Å²) >= 11 is 0. The van der Waals surface area contributed by atoms with Crippen molar-refractivity contribution in [2.75, 3.05) is 20.6 Å². The highest BCUT2D eigenvalue weighted by atomic mass is 15.1. The first-order chi connectivity index (χ1) is 8.22. The molecule has 0 saturated heterocycles. The van der Waals surface area contributed by atoms with Crippen molar-refractivity contribution < 1.29 is 0 Å². The van der Waals surface area contributed by atoms with Crippen LogP contribution in [0.5, 0.6) is 0 Å². The first-order valence-electron chi connectivity index (χ1n) is 6.00. The molecule has 0 aliphatic heterocycles. The van der Waals surface area contributed by atoms with Crippen LogP contribution < -0.4 is 5.73 Å². The first-order valence-corrected chi connectivity index (χ1v) is 6.00. The van der Waals surface area contributed by atoms with Crippen molar-refractivity contribution >= 4 is 11.0 Å². The highest BCUT2D eigenvalue weighted by molar-refractivity contribution is 5.80. The first kappa shape index (κ1) is 12.1. The van der Waals surface area contributed by atoms with Gasteiger partial charge >= 0.3 is 0 Å². The summed E-state index contributed by atoms with van der Waals surface area (Å²) in [6.45, 7) is 2.65. The molecule has 2 aromatic heterocycles. The molecule has 0 fully saturated rings. The third kappa shape index (κ3) is 2.65. The van der Waals surface area contributed by atoms with Crippen molar-refractivity contribution in [1.29, 1.82) is 0 Å². The lowest BCUT2D eigenvalue weighted by Crippen LogP contribution is -2.14. The van der Waals surface area contributed by atoms with Gasteiger partial charge in [0.05, 0.1) is 0 Å². The van der Waals surface area contributed by atoms with Gasteiger partial charge in [0.15, 0.2) is 0 Å². The minimum atomic E-state index is 0.572. The second-order valence-corrected chi connectivity index (χ2v) is 4.58. The predicted molar refractivity (Wildman–Crippen MR) is 70.8 cm³/mol. The molecule has 4 nitrogen and oxygen atoms in total. The summed E-state index contributed by atoms with van der Waals surface area (Å²) in [5.41, 5.74) is 7.98.